The number of primary amides is 1. The lowest BCUT2D eigenvalue weighted by Gasteiger charge is -2.23. The van der Waals surface area contributed by atoms with Crippen molar-refractivity contribution in [2.45, 2.75) is 32.3 Å². The monoisotopic (exact) mass is 207 g/mol. The molecule has 0 unspecified atom stereocenters. The van der Waals surface area contributed by atoms with Crippen LogP contribution in [0.4, 0.5) is 4.79 Å². The van der Waals surface area contributed by atoms with Crippen LogP contribution in [-0.4, -0.2) is 11.7 Å². The Hall–Kier alpha value is -1.51. The van der Waals surface area contributed by atoms with Gasteiger partial charge in [0.15, 0.2) is 0 Å². The van der Waals surface area contributed by atoms with Gasteiger partial charge in [0.2, 0.25) is 0 Å². The molecule has 2 N–H and O–H groups in total. The second-order valence-corrected chi connectivity index (χ2v) is 4.17. The van der Waals surface area contributed by atoms with E-state index in [0.29, 0.717) is 0 Å². The van der Waals surface area contributed by atoms with Crippen LogP contribution < -0.4 is 5.73 Å². The van der Waals surface area contributed by atoms with E-state index in [1.54, 1.807) is 0 Å². The van der Waals surface area contributed by atoms with Crippen molar-refractivity contribution in [3.8, 4) is 0 Å². The second kappa shape index (κ2) is 4.82. The van der Waals surface area contributed by atoms with Gasteiger partial charge < -0.3 is 10.5 Å². The van der Waals surface area contributed by atoms with E-state index >= 15 is 0 Å². The summed E-state index contributed by atoms with van der Waals surface area (Å²) in [6.45, 7) is 3.72. The number of nitrogens with two attached hydrogens (primary N) is 1. The molecule has 0 saturated carbocycles. The highest BCUT2D eigenvalue weighted by Crippen LogP contribution is 2.17. The highest BCUT2D eigenvalue weighted by Gasteiger charge is 2.20. The lowest BCUT2D eigenvalue weighted by molar-refractivity contribution is 0.0394. The molecule has 0 aromatic heterocycles. The van der Waals surface area contributed by atoms with Gasteiger partial charge in [-0.25, -0.2) is 4.79 Å². The van der Waals surface area contributed by atoms with Gasteiger partial charge >= 0.3 is 6.09 Å². The number of hydrogen-bond acceptors (Lipinski definition) is 2. The molecule has 0 atom stereocenters. The van der Waals surface area contributed by atoms with Crippen molar-refractivity contribution in [3.63, 3.8) is 0 Å². The molecule has 0 heterocycles. The lowest BCUT2D eigenvalue weighted by Crippen LogP contribution is -2.31. The summed E-state index contributed by atoms with van der Waals surface area (Å²) in [5.41, 5.74) is 5.72. The molecule has 3 nitrogen and oxygen atoms in total. The normalized spacial score (nSPS) is 11.1. The van der Waals surface area contributed by atoms with Crippen LogP contribution in [0, 0.1) is 0 Å². The summed E-state index contributed by atoms with van der Waals surface area (Å²) in [6, 6.07) is 10.1. The fraction of sp³-hybridized carbons (Fsp3) is 0.417. The first-order valence-electron chi connectivity index (χ1n) is 5.02. The minimum atomic E-state index is -0.715. The van der Waals surface area contributed by atoms with Gasteiger partial charge in [0.1, 0.15) is 5.60 Å². The highest BCUT2D eigenvalue weighted by atomic mass is 16.6. The topological polar surface area (TPSA) is 52.3 Å². The zero-order valence-electron chi connectivity index (χ0n) is 9.19. The van der Waals surface area contributed by atoms with Crippen LogP contribution in [0.1, 0.15) is 25.8 Å². The van der Waals surface area contributed by atoms with Crippen molar-refractivity contribution in [2.24, 2.45) is 5.73 Å². The van der Waals surface area contributed by atoms with Crippen molar-refractivity contribution in [2.75, 3.05) is 0 Å². The first-order chi connectivity index (χ1) is 6.99. The lowest BCUT2D eigenvalue weighted by atomic mass is 9.99. The molecular formula is C12H17NO2. The smallest absolute Gasteiger partial charge is 0.405 e. The Kier molecular flexibility index (Phi) is 3.72. The Bertz CT molecular complexity index is 320. The predicted octanol–water partition coefficient (Wildman–Crippen LogP) is 2.49. The average Bonchev–Trinajstić information content (AvgIpc) is 2.15. The number of amides is 1. The summed E-state index contributed by atoms with van der Waals surface area (Å²) in [4.78, 5) is 10.6. The van der Waals surface area contributed by atoms with E-state index in [1.165, 1.54) is 5.56 Å². The van der Waals surface area contributed by atoms with E-state index in [1.807, 2.05) is 32.0 Å². The van der Waals surface area contributed by atoms with Gasteiger partial charge in [-0.2, -0.15) is 0 Å². The van der Waals surface area contributed by atoms with Gasteiger partial charge in [0, 0.05) is 0 Å². The molecule has 1 rings (SSSR count). The summed E-state index contributed by atoms with van der Waals surface area (Å²) in [7, 11) is 0. The molecule has 3 heteroatoms. The molecule has 0 radical (unpaired) electrons. The molecule has 0 spiro atoms. The Balaban J connectivity index is 2.46. The molecule has 0 bridgehead atoms. The number of benzene rings is 1. The summed E-state index contributed by atoms with van der Waals surface area (Å²) in [5.74, 6) is 0. The van der Waals surface area contributed by atoms with Gasteiger partial charge in [-0.1, -0.05) is 30.3 Å². The van der Waals surface area contributed by atoms with Crippen LogP contribution in [0.5, 0.6) is 0 Å². The van der Waals surface area contributed by atoms with Gasteiger partial charge in [0.05, 0.1) is 0 Å². The van der Waals surface area contributed by atoms with E-state index in [2.05, 4.69) is 12.1 Å². The fourth-order valence-corrected chi connectivity index (χ4v) is 1.41. The molecule has 0 saturated heterocycles. The van der Waals surface area contributed by atoms with E-state index < -0.39 is 11.7 Å². The molecule has 1 aromatic rings. The standard InChI is InChI=1S/C12H17NO2/c1-12(2,15-11(13)14)9-8-10-6-4-3-5-7-10/h3-7H,8-9H2,1-2H3,(H2,13,14). The van der Waals surface area contributed by atoms with Crippen molar-refractivity contribution in [1.82, 2.24) is 0 Å². The Morgan fingerprint density at radius 1 is 1.33 bits per heavy atom. The maximum atomic E-state index is 10.6. The summed E-state index contributed by atoms with van der Waals surface area (Å²) in [5, 5.41) is 0. The van der Waals surface area contributed by atoms with Crippen molar-refractivity contribution in [1.29, 1.82) is 0 Å². The molecule has 0 aliphatic carbocycles. The predicted molar refractivity (Wildman–Crippen MR) is 59.5 cm³/mol. The summed E-state index contributed by atoms with van der Waals surface area (Å²) in [6.07, 6.45) is 0.925. The highest BCUT2D eigenvalue weighted by molar-refractivity contribution is 5.65. The first kappa shape index (κ1) is 11.6. The van der Waals surface area contributed by atoms with Crippen LogP contribution in [0.15, 0.2) is 30.3 Å². The SMILES string of the molecule is CC(C)(CCc1ccccc1)OC(N)=O. The van der Waals surface area contributed by atoms with Crippen LogP contribution in [-0.2, 0) is 11.2 Å². The maximum absolute atomic E-state index is 10.6. The van der Waals surface area contributed by atoms with Crippen LogP contribution in [0.25, 0.3) is 0 Å². The van der Waals surface area contributed by atoms with Crippen LogP contribution in [0.2, 0.25) is 0 Å². The second-order valence-electron chi connectivity index (χ2n) is 4.17. The van der Waals surface area contributed by atoms with Gasteiger partial charge in [-0.15, -0.1) is 0 Å². The third-order valence-electron chi connectivity index (χ3n) is 2.24. The molecule has 82 valence electrons. The third-order valence-corrected chi connectivity index (χ3v) is 2.24. The van der Waals surface area contributed by atoms with Crippen molar-refractivity contribution >= 4 is 6.09 Å². The molecule has 1 amide bonds. The van der Waals surface area contributed by atoms with Crippen LogP contribution >= 0.6 is 0 Å². The molecule has 0 aliphatic heterocycles. The van der Waals surface area contributed by atoms with E-state index in [9.17, 15) is 4.79 Å². The molecule has 0 fully saturated rings. The average molecular weight is 207 g/mol. The minimum absolute atomic E-state index is 0.498. The zero-order chi connectivity index (χ0) is 11.3. The Morgan fingerprint density at radius 2 is 1.93 bits per heavy atom. The van der Waals surface area contributed by atoms with Crippen LogP contribution in [0.3, 0.4) is 0 Å². The Labute approximate surface area is 90.2 Å². The minimum Gasteiger partial charge on any atom is -0.444 e. The summed E-state index contributed by atoms with van der Waals surface area (Å²) >= 11 is 0. The number of ether oxygens (including phenoxy) is 1. The maximum Gasteiger partial charge on any atom is 0.405 e. The number of carbonyl (C=O) groups excluding carboxylic acids is 1. The van der Waals surface area contributed by atoms with E-state index in [0.717, 1.165) is 12.8 Å². The van der Waals surface area contributed by atoms with E-state index in [-0.39, 0.29) is 0 Å². The first-order valence-corrected chi connectivity index (χ1v) is 5.02. The Morgan fingerprint density at radius 3 is 2.47 bits per heavy atom. The van der Waals surface area contributed by atoms with Gasteiger partial charge in [-0.05, 0) is 32.3 Å². The number of rotatable bonds is 4. The zero-order valence-corrected chi connectivity index (χ0v) is 9.19. The molecule has 15 heavy (non-hydrogen) atoms. The van der Waals surface area contributed by atoms with Crippen molar-refractivity contribution < 1.29 is 9.53 Å². The molecule has 0 aliphatic rings. The third kappa shape index (κ3) is 4.49. The number of aryl methyl sites for hydroxylation is 1. The number of carbonyl (C=O) groups is 1. The van der Waals surface area contributed by atoms with Gasteiger partial charge in [-0.3, -0.25) is 0 Å². The van der Waals surface area contributed by atoms with Gasteiger partial charge in [0.25, 0.3) is 0 Å². The molecular weight excluding hydrogens is 190 g/mol. The van der Waals surface area contributed by atoms with Crippen molar-refractivity contribution in [3.05, 3.63) is 35.9 Å². The van der Waals surface area contributed by atoms with E-state index in [4.69, 9.17) is 10.5 Å². The molecule has 1 aromatic carbocycles. The largest absolute Gasteiger partial charge is 0.444 e. The number of hydrogen-bond donors (Lipinski definition) is 1. The fourth-order valence-electron chi connectivity index (χ4n) is 1.41. The quantitative estimate of drug-likeness (QED) is 0.824. The summed E-state index contributed by atoms with van der Waals surface area (Å²) < 4.78 is 5.00.